The van der Waals surface area contributed by atoms with Crippen LogP contribution < -0.4 is 13.7 Å². The van der Waals surface area contributed by atoms with Crippen LogP contribution in [0.5, 0.6) is 0 Å². The standard InChI is InChI=1S/C38H32N7/c1-25-10-4-7-19-43(25)36-33-18-17-31(41-33)23-30-14-13-28(39-30)22-29-15-16-32(40-29)24-34-37(44-20-8-5-11-26(44)2)38(35(36)42-34)45-21-9-6-12-27(45)3/h4-24,39,42H,1-3H3/q+3. The van der Waals surface area contributed by atoms with E-state index in [1.807, 2.05) is 0 Å². The van der Waals surface area contributed by atoms with Gasteiger partial charge in [-0.05, 0) is 54.6 Å². The van der Waals surface area contributed by atoms with Crippen LogP contribution in [0.4, 0.5) is 0 Å². The summed E-state index contributed by atoms with van der Waals surface area (Å²) in [6.45, 7) is 6.40. The zero-order valence-corrected chi connectivity index (χ0v) is 25.4. The minimum atomic E-state index is 0.865. The predicted molar refractivity (Wildman–Crippen MR) is 178 cm³/mol. The summed E-state index contributed by atoms with van der Waals surface area (Å²) in [5, 5.41) is 0. The second kappa shape index (κ2) is 10.6. The summed E-state index contributed by atoms with van der Waals surface area (Å²) >= 11 is 0. The minimum Gasteiger partial charge on any atom is -0.355 e. The molecule has 0 saturated heterocycles. The van der Waals surface area contributed by atoms with Gasteiger partial charge in [0.1, 0.15) is 11.2 Å². The fourth-order valence-electron chi connectivity index (χ4n) is 6.17. The summed E-state index contributed by atoms with van der Waals surface area (Å²) in [5.41, 5.74) is 13.7. The number of aryl methyl sites for hydroxylation is 3. The van der Waals surface area contributed by atoms with Gasteiger partial charge in [0.25, 0.3) is 5.69 Å². The average Bonchev–Trinajstić information content (AvgIpc) is 3.84. The molecule has 2 N–H and O–H groups in total. The van der Waals surface area contributed by atoms with E-state index in [2.05, 4.69) is 172 Å². The Morgan fingerprint density at radius 3 is 1.60 bits per heavy atom. The number of rotatable bonds is 3. The normalized spacial score (nSPS) is 12.2. The summed E-state index contributed by atoms with van der Waals surface area (Å²) in [5.74, 6) is 0. The number of hydrogen-bond donors (Lipinski definition) is 2. The van der Waals surface area contributed by atoms with Crippen LogP contribution >= 0.6 is 0 Å². The molecule has 7 heteroatoms. The van der Waals surface area contributed by atoms with Crippen LogP contribution in [0.25, 0.3) is 63.4 Å². The SMILES string of the molecule is Cc1cccc[n+]1-c1c(-[n+]2ccccc2C)c2[nH]c1cc1nc(cc3ccc(cc4nc(c2-[n+]2ccccc2C)C=C4)[nH]3)C=C1. The van der Waals surface area contributed by atoms with Crippen molar-refractivity contribution in [2.45, 2.75) is 20.8 Å². The highest BCUT2D eigenvalue weighted by Gasteiger charge is 2.36. The minimum absolute atomic E-state index is 0.865. The maximum Gasteiger partial charge on any atom is 0.316 e. The van der Waals surface area contributed by atoms with Crippen molar-refractivity contribution < 1.29 is 13.7 Å². The highest BCUT2D eigenvalue weighted by atomic mass is 15.1. The van der Waals surface area contributed by atoms with Gasteiger partial charge in [-0.25, -0.2) is 9.97 Å². The van der Waals surface area contributed by atoms with E-state index >= 15 is 0 Å². The van der Waals surface area contributed by atoms with Crippen LogP contribution in [-0.4, -0.2) is 19.9 Å². The number of H-pyrrole nitrogens is 2. The Kier molecular flexibility index (Phi) is 6.31. The Balaban J connectivity index is 1.65. The van der Waals surface area contributed by atoms with Crippen molar-refractivity contribution in [3.05, 3.63) is 143 Å². The molecule has 45 heavy (non-hydrogen) atoms. The third kappa shape index (κ3) is 4.75. The quantitative estimate of drug-likeness (QED) is 0.235. The van der Waals surface area contributed by atoms with Gasteiger partial charge >= 0.3 is 11.4 Å². The van der Waals surface area contributed by atoms with Gasteiger partial charge in [-0.3, -0.25) is 0 Å². The Hall–Kier alpha value is -5.95. The lowest BCUT2D eigenvalue weighted by molar-refractivity contribution is -0.638. The van der Waals surface area contributed by atoms with Crippen molar-refractivity contribution in [2.24, 2.45) is 0 Å². The van der Waals surface area contributed by atoms with Crippen LogP contribution in [0.2, 0.25) is 0 Å². The van der Waals surface area contributed by atoms with Crippen molar-refractivity contribution in [3.63, 3.8) is 0 Å². The molecule has 0 radical (unpaired) electrons. The van der Waals surface area contributed by atoms with Gasteiger partial charge in [0, 0.05) is 68.2 Å². The maximum absolute atomic E-state index is 5.19. The fourth-order valence-corrected chi connectivity index (χ4v) is 6.17. The smallest absolute Gasteiger partial charge is 0.316 e. The van der Waals surface area contributed by atoms with Crippen molar-refractivity contribution in [1.29, 1.82) is 0 Å². The maximum atomic E-state index is 5.19. The monoisotopic (exact) mass is 586 g/mol. The van der Waals surface area contributed by atoms with E-state index < -0.39 is 0 Å². The van der Waals surface area contributed by atoms with E-state index in [9.17, 15) is 0 Å². The lowest BCUT2D eigenvalue weighted by Crippen LogP contribution is -2.42. The van der Waals surface area contributed by atoms with Gasteiger partial charge in [0.2, 0.25) is 0 Å². The summed E-state index contributed by atoms with van der Waals surface area (Å²) in [6, 6.07) is 29.3. The van der Waals surface area contributed by atoms with E-state index in [0.29, 0.717) is 0 Å². The molecule has 0 atom stereocenters. The highest BCUT2D eigenvalue weighted by Crippen LogP contribution is 2.29. The lowest BCUT2D eigenvalue weighted by atomic mass is 10.2. The zero-order chi connectivity index (χ0) is 30.5. The third-order valence-electron chi connectivity index (χ3n) is 8.34. The van der Waals surface area contributed by atoms with E-state index in [-0.39, 0.29) is 0 Å². The molecule has 2 aliphatic rings. The highest BCUT2D eigenvalue weighted by molar-refractivity contribution is 5.89. The molecule has 0 aliphatic carbocycles. The van der Waals surface area contributed by atoms with Crippen LogP contribution in [0, 0.1) is 20.8 Å². The second-order valence-corrected chi connectivity index (χ2v) is 11.4. The largest absolute Gasteiger partial charge is 0.355 e. The Morgan fingerprint density at radius 1 is 0.489 bits per heavy atom. The molecular weight excluding hydrogens is 554 g/mol. The molecule has 8 bridgehead atoms. The summed E-state index contributed by atoms with van der Waals surface area (Å²) in [7, 11) is 0. The van der Waals surface area contributed by atoms with E-state index in [4.69, 9.17) is 9.97 Å². The first kappa shape index (κ1) is 26.7. The first-order valence-corrected chi connectivity index (χ1v) is 15.1. The molecule has 6 aromatic rings. The zero-order valence-electron chi connectivity index (χ0n) is 25.4. The molecule has 8 heterocycles. The first-order chi connectivity index (χ1) is 22.0. The Bertz CT molecular complexity index is 2370. The second-order valence-electron chi connectivity index (χ2n) is 11.4. The van der Waals surface area contributed by atoms with Crippen LogP contribution in [0.1, 0.15) is 39.9 Å². The molecular formula is C38H32N7+3. The van der Waals surface area contributed by atoms with Gasteiger partial charge < -0.3 is 9.97 Å². The number of aromatic nitrogens is 7. The van der Waals surface area contributed by atoms with Gasteiger partial charge in [-0.15, -0.1) is 0 Å². The van der Waals surface area contributed by atoms with E-state index in [0.717, 1.165) is 79.0 Å². The first-order valence-electron chi connectivity index (χ1n) is 15.1. The fraction of sp³-hybridized carbons (Fsp3) is 0.0789. The van der Waals surface area contributed by atoms with Crippen LogP contribution in [0.15, 0.2) is 104 Å². The molecule has 2 aliphatic heterocycles. The predicted octanol–water partition coefficient (Wildman–Crippen LogP) is 6.41. The number of fused-ring (bicyclic) bond motifs is 8. The number of aromatic amines is 2. The van der Waals surface area contributed by atoms with E-state index in [1.165, 1.54) is 0 Å². The van der Waals surface area contributed by atoms with Gasteiger partial charge in [0.15, 0.2) is 41.2 Å². The van der Waals surface area contributed by atoms with Crippen molar-refractivity contribution in [1.82, 2.24) is 19.9 Å². The molecule has 0 spiro atoms. The van der Waals surface area contributed by atoms with Crippen molar-refractivity contribution >= 4 is 46.4 Å². The molecule has 0 amide bonds. The van der Waals surface area contributed by atoms with Gasteiger partial charge in [-0.1, -0.05) is 18.2 Å². The summed E-state index contributed by atoms with van der Waals surface area (Å²) < 4.78 is 6.74. The molecule has 8 rings (SSSR count). The van der Waals surface area contributed by atoms with E-state index in [1.54, 1.807) is 0 Å². The summed E-state index contributed by atoms with van der Waals surface area (Å²) in [6.07, 6.45) is 14.7. The Labute approximate surface area is 260 Å². The Morgan fingerprint density at radius 2 is 1.00 bits per heavy atom. The molecule has 0 fully saturated rings. The molecule has 7 nitrogen and oxygen atoms in total. The topological polar surface area (TPSA) is 69.0 Å². The van der Waals surface area contributed by atoms with Crippen molar-refractivity contribution in [2.75, 3.05) is 0 Å². The number of nitrogens with zero attached hydrogens (tertiary/aromatic N) is 5. The average molecular weight is 587 g/mol. The van der Waals surface area contributed by atoms with Gasteiger partial charge in [0.05, 0.1) is 17.1 Å². The molecule has 0 aromatic carbocycles. The molecule has 216 valence electrons. The number of pyridine rings is 3. The van der Waals surface area contributed by atoms with Crippen LogP contribution in [-0.2, 0) is 0 Å². The number of hydrogen-bond acceptors (Lipinski definition) is 2. The van der Waals surface area contributed by atoms with Crippen molar-refractivity contribution in [3.8, 4) is 17.1 Å². The van der Waals surface area contributed by atoms with Gasteiger partial charge in [-0.2, -0.15) is 13.7 Å². The van der Waals surface area contributed by atoms with Crippen LogP contribution in [0.3, 0.4) is 0 Å². The lowest BCUT2D eigenvalue weighted by Gasteiger charge is -2.03. The molecule has 6 aromatic heterocycles. The molecule has 0 unspecified atom stereocenters. The summed E-state index contributed by atoms with van der Waals surface area (Å²) in [4.78, 5) is 17.6. The third-order valence-corrected chi connectivity index (χ3v) is 8.34. The number of nitrogens with one attached hydrogen (secondary N) is 2. The molecule has 0 saturated carbocycles.